The number of benzene rings is 2. The molecule has 2 aliphatic rings. The molecule has 1 unspecified atom stereocenters. The molecule has 1 aromatic heterocycles. The summed E-state index contributed by atoms with van der Waals surface area (Å²) in [4.78, 5) is 13.2. The monoisotopic (exact) mass is 316 g/mol. The summed E-state index contributed by atoms with van der Waals surface area (Å²) < 4.78 is 2.43. The van der Waals surface area contributed by atoms with E-state index in [1.807, 2.05) is 30.3 Å². The summed E-state index contributed by atoms with van der Waals surface area (Å²) in [6.07, 6.45) is 2.08. The molecule has 0 aliphatic carbocycles. The van der Waals surface area contributed by atoms with Crippen molar-refractivity contribution in [3.63, 3.8) is 0 Å². The summed E-state index contributed by atoms with van der Waals surface area (Å²) in [6.45, 7) is 2.67. The van der Waals surface area contributed by atoms with Crippen LogP contribution in [-0.2, 0) is 19.4 Å². The van der Waals surface area contributed by atoms with Crippen LogP contribution in [0.15, 0.2) is 48.5 Å². The molecule has 24 heavy (non-hydrogen) atoms. The number of fused-ring (bicyclic) bond motifs is 3. The van der Waals surface area contributed by atoms with Crippen LogP contribution in [0.4, 0.5) is 0 Å². The number of rotatable bonds is 2. The number of para-hydroxylation sites is 1. The molecule has 0 fully saturated rings. The van der Waals surface area contributed by atoms with Crippen molar-refractivity contribution >= 4 is 16.7 Å². The maximum atomic E-state index is 13.2. The lowest BCUT2D eigenvalue weighted by Crippen LogP contribution is -2.27. The van der Waals surface area contributed by atoms with Crippen LogP contribution in [-0.4, -0.2) is 23.4 Å². The van der Waals surface area contributed by atoms with Gasteiger partial charge in [-0.15, -0.1) is 0 Å². The van der Waals surface area contributed by atoms with Crippen molar-refractivity contribution < 1.29 is 4.79 Å². The van der Waals surface area contributed by atoms with E-state index in [9.17, 15) is 4.79 Å². The highest BCUT2D eigenvalue weighted by Crippen LogP contribution is 2.39. The van der Waals surface area contributed by atoms with Gasteiger partial charge in [-0.05, 0) is 30.5 Å². The Morgan fingerprint density at radius 3 is 2.79 bits per heavy atom. The zero-order valence-corrected chi connectivity index (χ0v) is 13.6. The molecule has 3 heterocycles. The number of hydrogen-bond acceptors (Lipinski definition) is 2. The van der Waals surface area contributed by atoms with Gasteiger partial charge in [0.1, 0.15) is 0 Å². The van der Waals surface area contributed by atoms with E-state index < -0.39 is 0 Å². The van der Waals surface area contributed by atoms with Gasteiger partial charge in [-0.25, -0.2) is 0 Å². The first kappa shape index (κ1) is 14.0. The van der Waals surface area contributed by atoms with Gasteiger partial charge in [-0.1, -0.05) is 48.5 Å². The predicted octanol–water partition coefficient (Wildman–Crippen LogP) is 3.31. The first-order valence-corrected chi connectivity index (χ1v) is 8.77. The van der Waals surface area contributed by atoms with Crippen molar-refractivity contribution in [1.82, 2.24) is 9.88 Å². The number of hydrogen-bond donors (Lipinski definition) is 1. The number of nitrogens with zero attached hydrogens (tertiary/aromatic N) is 1. The maximum absolute atomic E-state index is 13.2. The number of nitrogens with one attached hydrogen (secondary N) is 1. The number of carbonyl (C=O) groups is 1. The van der Waals surface area contributed by atoms with E-state index in [4.69, 9.17) is 0 Å². The molecule has 5 rings (SSSR count). The number of aryl methyl sites for hydroxylation is 2. The van der Waals surface area contributed by atoms with Gasteiger partial charge in [0, 0.05) is 29.7 Å². The summed E-state index contributed by atoms with van der Waals surface area (Å²) in [7, 11) is 0. The zero-order chi connectivity index (χ0) is 16.1. The third kappa shape index (κ3) is 1.91. The molecule has 3 heteroatoms. The Hall–Kier alpha value is -2.39. The van der Waals surface area contributed by atoms with Crippen LogP contribution in [0.1, 0.15) is 33.1 Å². The van der Waals surface area contributed by atoms with Gasteiger partial charge in [0.25, 0.3) is 0 Å². The number of aromatic nitrogens is 1. The number of Topliss-reactive ketones (excluding diaryl/α,β-unsaturated/α-hetero) is 1. The van der Waals surface area contributed by atoms with E-state index in [0.29, 0.717) is 0 Å². The molecule has 1 N–H and O–H groups in total. The van der Waals surface area contributed by atoms with Crippen molar-refractivity contribution in [3.05, 3.63) is 70.9 Å². The highest BCUT2D eigenvalue weighted by atomic mass is 16.1. The standard InChI is InChI=1S/C21H20N2O/c24-21(15-5-2-1-3-6-15)18-13-22-11-9-17-16-8-4-7-14-10-12-23(19(14)16)20(17)18/h1-8,18,22H,9-13H2. The third-order valence-corrected chi connectivity index (χ3v) is 5.52. The molecule has 0 saturated heterocycles. The topological polar surface area (TPSA) is 34.0 Å². The average molecular weight is 316 g/mol. The fraction of sp³-hybridized carbons (Fsp3) is 0.286. The van der Waals surface area contributed by atoms with Gasteiger partial charge in [-0.2, -0.15) is 0 Å². The third-order valence-electron chi connectivity index (χ3n) is 5.52. The Balaban J connectivity index is 1.72. The van der Waals surface area contributed by atoms with E-state index >= 15 is 0 Å². The Bertz CT molecular complexity index is 939. The van der Waals surface area contributed by atoms with Crippen LogP contribution in [0, 0.1) is 0 Å². The molecule has 2 aliphatic heterocycles. The second-order valence-electron chi connectivity index (χ2n) is 6.82. The molecule has 3 nitrogen and oxygen atoms in total. The van der Waals surface area contributed by atoms with E-state index in [1.54, 1.807) is 0 Å². The minimum Gasteiger partial charge on any atom is -0.343 e. The summed E-state index contributed by atoms with van der Waals surface area (Å²) in [6, 6.07) is 16.4. The zero-order valence-electron chi connectivity index (χ0n) is 13.6. The minimum atomic E-state index is -0.0942. The summed E-state index contributed by atoms with van der Waals surface area (Å²) in [5.41, 5.74) is 6.25. The molecule has 0 bridgehead atoms. The van der Waals surface area contributed by atoms with Crippen LogP contribution in [0.5, 0.6) is 0 Å². The van der Waals surface area contributed by atoms with Crippen molar-refractivity contribution in [2.24, 2.45) is 0 Å². The first-order chi connectivity index (χ1) is 11.8. The Morgan fingerprint density at radius 1 is 1.04 bits per heavy atom. The van der Waals surface area contributed by atoms with Crippen molar-refractivity contribution in [2.75, 3.05) is 13.1 Å². The van der Waals surface area contributed by atoms with E-state index in [0.717, 1.165) is 38.0 Å². The van der Waals surface area contributed by atoms with Gasteiger partial charge in [0.15, 0.2) is 5.78 Å². The first-order valence-electron chi connectivity index (χ1n) is 8.77. The molecule has 3 aromatic rings. The van der Waals surface area contributed by atoms with E-state index in [1.165, 1.54) is 27.7 Å². The van der Waals surface area contributed by atoms with Gasteiger partial charge >= 0.3 is 0 Å². The predicted molar refractivity (Wildman–Crippen MR) is 95.7 cm³/mol. The molecular weight excluding hydrogens is 296 g/mol. The molecular formula is C21H20N2O. The SMILES string of the molecule is O=C(c1ccccc1)C1CNCCc2c1n1c3c(cccc23)CC1. The maximum Gasteiger partial charge on any atom is 0.173 e. The molecule has 2 aromatic carbocycles. The van der Waals surface area contributed by atoms with Crippen LogP contribution >= 0.6 is 0 Å². The van der Waals surface area contributed by atoms with Crippen molar-refractivity contribution in [3.8, 4) is 0 Å². The normalized spacial score (nSPS) is 19.2. The van der Waals surface area contributed by atoms with Gasteiger partial charge in [0.05, 0.1) is 11.4 Å². The highest BCUT2D eigenvalue weighted by molar-refractivity contribution is 6.02. The second-order valence-corrected chi connectivity index (χ2v) is 6.82. The van der Waals surface area contributed by atoms with E-state index in [-0.39, 0.29) is 11.7 Å². The summed E-state index contributed by atoms with van der Waals surface area (Å²) in [5.74, 6) is 0.141. The minimum absolute atomic E-state index is 0.0942. The molecule has 0 spiro atoms. The fourth-order valence-electron chi connectivity index (χ4n) is 4.48. The lowest BCUT2D eigenvalue weighted by Gasteiger charge is -2.18. The van der Waals surface area contributed by atoms with E-state index in [2.05, 4.69) is 28.1 Å². The Morgan fingerprint density at radius 2 is 1.92 bits per heavy atom. The Kier molecular flexibility index (Phi) is 3.10. The van der Waals surface area contributed by atoms with Gasteiger partial charge in [0.2, 0.25) is 0 Å². The van der Waals surface area contributed by atoms with Crippen LogP contribution in [0.25, 0.3) is 10.9 Å². The van der Waals surface area contributed by atoms with Crippen molar-refractivity contribution in [1.29, 1.82) is 0 Å². The largest absolute Gasteiger partial charge is 0.343 e. The van der Waals surface area contributed by atoms with Crippen LogP contribution < -0.4 is 5.32 Å². The lowest BCUT2D eigenvalue weighted by atomic mass is 9.91. The Labute approximate surface area is 141 Å². The van der Waals surface area contributed by atoms with Crippen LogP contribution in [0.2, 0.25) is 0 Å². The quantitative estimate of drug-likeness (QED) is 0.736. The summed E-state index contributed by atoms with van der Waals surface area (Å²) >= 11 is 0. The van der Waals surface area contributed by atoms with Gasteiger partial charge < -0.3 is 9.88 Å². The number of carbonyl (C=O) groups excluding carboxylic acids is 1. The molecule has 0 radical (unpaired) electrons. The summed E-state index contributed by atoms with van der Waals surface area (Å²) in [5, 5.41) is 4.84. The smallest absolute Gasteiger partial charge is 0.173 e. The fourth-order valence-corrected chi connectivity index (χ4v) is 4.48. The average Bonchev–Trinajstić information content (AvgIpc) is 3.11. The molecule has 0 saturated carbocycles. The van der Waals surface area contributed by atoms with Crippen LogP contribution in [0.3, 0.4) is 0 Å². The number of ketones is 1. The van der Waals surface area contributed by atoms with Gasteiger partial charge in [-0.3, -0.25) is 4.79 Å². The van der Waals surface area contributed by atoms with Crippen molar-refractivity contribution in [2.45, 2.75) is 25.3 Å². The molecule has 120 valence electrons. The molecule has 0 amide bonds. The molecule has 1 atom stereocenters. The lowest BCUT2D eigenvalue weighted by molar-refractivity contribution is 0.0956. The second kappa shape index (κ2) is 5.32. The highest BCUT2D eigenvalue weighted by Gasteiger charge is 2.33.